The fraction of sp³-hybridized carbons (Fsp3) is 1.00. The van der Waals surface area contributed by atoms with Crippen LogP contribution in [0.5, 0.6) is 0 Å². The Labute approximate surface area is 102 Å². The van der Waals surface area contributed by atoms with E-state index in [1.165, 1.54) is 45.3 Å². The van der Waals surface area contributed by atoms with Crippen LogP contribution in [0.3, 0.4) is 0 Å². The van der Waals surface area contributed by atoms with E-state index in [9.17, 15) is 0 Å². The van der Waals surface area contributed by atoms with Crippen molar-refractivity contribution in [3.8, 4) is 0 Å². The monoisotopic (exact) mass is 226 g/mol. The normalized spacial score (nSPS) is 23.2. The molecule has 1 rings (SSSR count). The molecule has 0 amide bonds. The number of rotatable bonds is 7. The van der Waals surface area contributed by atoms with Crippen LogP contribution in [-0.4, -0.2) is 37.6 Å². The van der Waals surface area contributed by atoms with Gasteiger partial charge in [0.2, 0.25) is 0 Å². The van der Waals surface area contributed by atoms with Crippen LogP contribution in [0.1, 0.15) is 46.5 Å². The predicted octanol–water partition coefficient (Wildman–Crippen LogP) is 2.74. The highest BCUT2D eigenvalue weighted by atomic mass is 15.1. The quantitative estimate of drug-likeness (QED) is 0.718. The third-order valence-electron chi connectivity index (χ3n) is 3.85. The van der Waals surface area contributed by atoms with E-state index in [2.05, 4.69) is 38.0 Å². The molecule has 0 spiro atoms. The standard InChI is InChI=1S/C14H30N2/c1-12(2)10-13(3)16(4)9-5-6-14-7-8-15-11-14/h12-15H,5-11H2,1-4H3. The first kappa shape index (κ1) is 14.0. The SMILES string of the molecule is CC(C)CC(C)N(C)CCCC1CCNC1. The highest BCUT2D eigenvalue weighted by Crippen LogP contribution is 2.16. The molecule has 0 aromatic carbocycles. The van der Waals surface area contributed by atoms with Gasteiger partial charge in [-0.3, -0.25) is 0 Å². The molecule has 0 aromatic heterocycles. The minimum absolute atomic E-state index is 0.738. The van der Waals surface area contributed by atoms with Crippen molar-refractivity contribution in [2.45, 2.75) is 52.5 Å². The molecule has 1 N–H and O–H groups in total. The molecule has 96 valence electrons. The fourth-order valence-electron chi connectivity index (χ4n) is 2.67. The van der Waals surface area contributed by atoms with Crippen molar-refractivity contribution < 1.29 is 0 Å². The predicted molar refractivity (Wildman–Crippen MR) is 71.8 cm³/mol. The zero-order valence-corrected chi connectivity index (χ0v) is 11.6. The van der Waals surface area contributed by atoms with E-state index in [-0.39, 0.29) is 0 Å². The summed E-state index contributed by atoms with van der Waals surface area (Å²) in [4.78, 5) is 2.53. The molecule has 1 aliphatic rings. The van der Waals surface area contributed by atoms with Crippen LogP contribution in [0.4, 0.5) is 0 Å². The molecule has 0 saturated carbocycles. The number of hydrogen-bond donors (Lipinski definition) is 1. The molecule has 0 bridgehead atoms. The Bertz CT molecular complexity index is 174. The molecule has 0 aromatic rings. The van der Waals surface area contributed by atoms with Gasteiger partial charge < -0.3 is 10.2 Å². The smallest absolute Gasteiger partial charge is 0.00663 e. The van der Waals surface area contributed by atoms with Crippen LogP contribution >= 0.6 is 0 Å². The summed E-state index contributed by atoms with van der Waals surface area (Å²) >= 11 is 0. The topological polar surface area (TPSA) is 15.3 Å². The lowest BCUT2D eigenvalue weighted by Gasteiger charge is -2.26. The zero-order chi connectivity index (χ0) is 12.0. The third kappa shape index (κ3) is 5.31. The number of hydrogen-bond acceptors (Lipinski definition) is 2. The van der Waals surface area contributed by atoms with Gasteiger partial charge in [0.15, 0.2) is 0 Å². The number of nitrogens with one attached hydrogen (secondary N) is 1. The van der Waals surface area contributed by atoms with Crippen LogP contribution in [0.2, 0.25) is 0 Å². The zero-order valence-electron chi connectivity index (χ0n) is 11.6. The van der Waals surface area contributed by atoms with Crippen LogP contribution in [0, 0.1) is 11.8 Å². The van der Waals surface area contributed by atoms with E-state index in [4.69, 9.17) is 0 Å². The molecule has 0 radical (unpaired) electrons. The van der Waals surface area contributed by atoms with E-state index in [1.54, 1.807) is 0 Å². The lowest BCUT2D eigenvalue weighted by molar-refractivity contribution is 0.220. The maximum atomic E-state index is 3.45. The third-order valence-corrected chi connectivity index (χ3v) is 3.85. The molecule has 1 saturated heterocycles. The first-order valence-corrected chi connectivity index (χ1v) is 7.00. The maximum Gasteiger partial charge on any atom is 0.00663 e. The summed E-state index contributed by atoms with van der Waals surface area (Å²) in [5.74, 6) is 1.77. The highest BCUT2D eigenvalue weighted by molar-refractivity contribution is 4.72. The Morgan fingerprint density at radius 1 is 1.31 bits per heavy atom. The molecule has 0 aliphatic carbocycles. The minimum Gasteiger partial charge on any atom is -0.316 e. The molecule has 2 atom stereocenters. The van der Waals surface area contributed by atoms with Crippen LogP contribution < -0.4 is 5.32 Å². The van der Waals surface area contributed by atoms with Crippen molar-refractivity contribution in [3.63, 3.8) is 0 Å². The van der Waals surface area contributed by atoms with Crippen molar-refractivity contribution in [3.05, 3.63) is 0 Å². The Morgan fingerprint density at radius 3 is 2.62 bits per heavy atom. The second kappa shape index (κ2) is 7.29. The van der Waals surface area contributed by atoms with Gasteiger partial charge in [-0.15, -0.1) is 0 Å². The lowest BCUT2D eigenvalue weighted by atomic mass is 10.0. The van der Waals surface area contributed by atoms with Gasteiger partial charge in [-0.05, 0) is 71.1 Å². The second-order valence-corrected chi connectivity index (χ2v) is 5.96. The van der Waals surface area contributed by atoms with Crippen LogP contribution in [0.25, 0.3) is 0 Å². The van der Waals surface area contributed by atoms with Crippen molar-refractivity contribution in [2.75, 3.05) is 26.7 Å². The van der Waals surface area contributed by atoms with Crippen molar-refractivity contribution >= 4 is 0 Å². The average molecular weight is 226 g/mol. The molecule has 16 heavy (non-hydrogen) atoms. The van der Waals surface area contributed by atoms with Crippen LogP contribution in [-0.2, 0) is 0 Å². The first-order chi connectivity index (χ1) is 7.59. The Balaban J connectivity index is 2.06. The first-order valence-electron chi connectivity index (χ1n) is 7.00. The summed E-state index contributed by atoms with van der Waals surface area (Å²) in [6.07, 6.45) is 5.49. The summed E-state index contributed by atoms with van der Waals surface area (Å²) in [5, 5.41) is 3.45. The van der Waals surface area contributed by atoms with E-state index < -0.39 is 0 Å². The van der Waals surface area contributed by atoms with Crippen molar-refractivity contribution in [2.24, 2.45) is 11.8 Å². The van der Waals surface area contributed by atoms with E-state index in [0.717, 1.165) is 17.9 Å². The van der Waals surface area contributed by atoms with Gasteiger partial charge in [0, 0.05) is 6.04 Å². The molecule has 2 heteroatoms. The van der Waals surface area contributed by atoms with Gasteiger partial charge in [0.25, 0.3) is 0 Å². The number of nitrogens with zero attached hydrogens (tertiary/aromatic N) is 1. The van der Waals surface area contributed by atoms with E-state index in [1.807, 2.05) is 0 Å². The average Bonchev–Trinajstić information content (AvgIpc) is 2.69. The van der Waals surface area contributed by atoms with Gasteiger partial charge in [-0.1, -0.05) is 13.8 Å². The molecular formula is C14H30N2. The van der Waals surface area contributed by atoms with Gasteiger partial charge in [0.05, 0.1) is 0 Å². The minimum atomic E-state index is 0.738. The molecule has 1 fully saturated rings. The molecule has 2 nitrogen and oxygen atoms in total. The maximum absolute atomic E-state index is 3.45. The highest BCUT2D eigenvalue weighted by Gasteiger charge is 2.15. The fourth-order valence-corrected chi connectivity index (χ4v) is 2.67. The summed E-state index contributed by atoms with van der Waals surface area (Å²) in [6.45, 7) is 10.8. The van der Waals surface area contributed by atoms with E-state index >= 15 is 0 Å². The van der Waals surface area contributed by atoms with Gasteiger partial charge in [-0.2, -0.15) is 0 Å². The van der Waals surface area contributed by atoms with Gasteiger partial charge in [0.1, 0.15) is 0 Å². The molecule has 1 heterocycles. The summed E-state index contributed by atoms with van der Waals surface area (Å²) in [7, 11) is 2.28. The molecule has 1 aliphatic heterocycles. The summed E-state index contributed by atoms with van der Waals surface area (Å²) in [6, 6.07) is 0.738. The van der Waals surface area contributed by atoms with Crippen LogP contribution in [0.15, 0.2) is 0 Å². The Kier molecular flexibility index (Phi) is 6.37. The molecule has 2 unspecified atom stereocenters. The summed E-state index contributed by atoms with van der Waals surface area (Å²) < 4.78 is 0. The van der Waals surface area contributed by atoms with Gasteiger partial charge in [-0.25, -0.2) is 0 Å². The van der Waals surface area contributed by atoms with Crippen molar-refractivity contribution in [1.82, 2.24) is 10.2 Å². The van der Waals surface area contributed by atoms with E-state index in [0.29, 0.717) is 0 Å². The summed E-state index contributed by atoms with van der Waals surface area (Å²) in [5.41, 5.74) is 0. The lowest BCUT2D eigenvalue weighted by Crippen LogP contribution is -2.31. The van der Waals surface area contributed by atoms with Crippen molar-refractivity contribution in [1.29, 1.82) is 0 Å². The Hall–Kier alpha value is -0.0800. The second-order valence-electron chi connectivity index (χ2n) is 5.96. The largest absolute Gasteiger partial charge is 0.316 e. The van der Waals surface area contributed by atoms with Gasteiger partial charge >= 0.3 is 0 Å². The molecular weight excluding hydrogens is 196 g/mol. The Morgan fingerprint density at radius 2 is 2.06 bits per heavy atom.